The molecule has 0 amide bonds. The van der Waals surface area contributed by atoms with Crippen molar-refractivity contribution < 1.29 is 12.9 Å². The minimum Gasteiger partial charge on any atom is -0.398 e. The third kappa shape index (κ3) is 3.52. The molecule has 0 spiro atoms. The molecular formula is C10H11BrN4O3S. The minimum absolute atomic E-state index is 0.0370. The van der Waals surface area contributed by atoms with Gasteiger partial charge in [-0.15, -0.1) is 0 Å². The van der Waals surface area contributed by atoms with Crippen molar-refractivity contribution >= 4 is 31.6 Å². The smallest absolute Gasteiger partial charge is 0.242 e. The predicted octanol–water partition coefficient (Wildman–Crippen LogP) is 0.935. The molecule has 0 fully saturated rings. The molecule has 0 saturated heterocycles. The normalized spacial score (nSPS) is 11.6. The molecule has 2 aromatic rings. The minimum atomic E-state index is -3.66. The summed E-state index contributed by atoms with van der Waals surface area (Å²) in [4.78, 5) is 3.83. The second kappa shape index (κ2) is 5.68. The predicted molar refractivity (Wildman–Crippen MR) is 71.7 cm³/mol. The lowest BCUT2D eigenvalue weighted by atomic mass is 10.3. The van der Waals surface area contributed by atoms with Crippen molar-refractivity contribution in [3.8, 4) is 0 Å². The third-order valence-electron chi connectivity index (χ3n) is 2.31. The molecule has 0 aliphatic rings. The van der Waals surface area contributed by atoms with Gasteiger partial charge >= 0.3 is 0 Å². The molecule has 102 valence electrons. The molecule has 7 nitrogen and oxygen atoms in total. The van der Waals surface area contributed by atoms with E-state index in [0.29, 0.717) is 16.7 Å². The molecule has 0 unspecified atom stereocenters. The Morgan fingerprint density at radius 2 is 2.21 bits per heavy atom. The Morgan fingerprint density at radius 3 is 2.89 bits per heavy atom. The van der Waals surface area contributed by atoms with Crippen molar-refractivity contribution in [2.45, 2.75) is 11.3 Å². The number of anilines is 1. The van der Waals surface area contributed by atoms with Gasteiger partial charge in [0.15, 0.2) is 5.82 Å². The largest absolute Gasteiger partial charge is 0.398 e. The van der Waals surface area contributed by atoms with Gasteiger partial charge in [0, 0.05) is 17.4 Å². The highest BCUT2D eigenvalue weighted by molar-refractivity contribution is 9.10. The fourth-order valence-electron chi connectivity index (χ4n) is 1.42. The number of sulfonamides is 1. The Morgan fingerprint density at radius 1 is 1.42 bits per heavy atom. The SMILES string of the molecule is Nc1ccc(Br)cc1S(=O)(=O)NCCc1ncon1. The topological polar surface area (TPSA) is 111 Å². The Labute approximate surface area is 118 Å². The van der Waals surface area contributed by atoms with Crippen LogP contribution in [0.1, 0.15) is 5.82 Å². The molecule has 1 aromatic heterocycles. The molecule has 0 aliphatic carbocycles. The van der Waals surface area contributed by atoms with Gasteiger partial charge in [-0.25, -0.2) is 13.1 Å². The molecule has 0 atom stereocenters. The van der Waals surface area contributed by atoms with E-state index in [4.69, 9.17) is 5.73 Å². The van der Waals surface area contributed by atoms with Crippen LogP contribution in [0.2, 0.25) is 0 Å². The van der Waals surface area contributed by atoms with E-state index < -0.39 is 10.0 Å². The number of hydrogen-bond acceptors (Lipinski definition) is 6. The second-order valence-electron chi connectivity index (χ2n) is 3.68. The number of aromatic nitrogens is 2. The van der Waals surface area contributed by atoms with E-state index in [1.165, 1.54) is 18.5 Å². The lowest BCUT2D eigenvalue weighted by molar-refractivity contribution is 0.410. The molecule has 0 saturated carbocycles. The maximum Gasteiger partial charge on any atom is 0.242 e. The van der Waals surface area contributed by atoms with Crippen LogP contribution in [0, 0.1) is 0 Å². The summed E-state index contributed by atoms with van der Waals surface area (Å²) >= 11 is 3.21. The molecule has 0 radical (unpaired) electrons. The number of benzene rings is 1. The molecule has 19 heavy (non-hydrogen) atoms. The fraction of sp³-hybridized carbons (Fsp3) is 0.200. The Bertz CT molecular complexity index is 657. The molecule has 1 heterocycles. The number of nitrogens with zero attached hydrogens (tertiary/aromatic N) is 2. The Balaban J connectivity index is 2.07. The van der Waals surface area contributed by atoms with E-state index in [2.05, 4.69) is 35.3 Å². The summed E-state index contributed by atoms with van der Waals surface area (Å²) in [6.45, 7) is 0.161. The van der Waals surface area contributed by atoms with Crippen molar-refractivity contribution in [1.82, 2.24) is 14.9 Å². The number of hydrogen-bond donors (Lipinski definition) is 2. The summed E-state index contributed by atoms with van der Waals surface area (Å²) in [5.41, 5.74) is 5.85. The Hall–Kier alpha value is -1.45. The average Bonchev–Trinajstić information content (AvgIpc) is 2.85. The first-order valence-corrected chi connectivity index (χ1v) is 7.56. The average molecular weight is 347 g/mol. The lowest BCUT2D eigenvalue weighted by Gasteiger charge is -2.08. The van der Waals surface area contributed by atoms with Gasteiger partial charge in [-0.2, -0.15) is 4.98 Å². The fourth-order valence-corrected chi connectivity index (χ4v) is 3.12. The molecule has 1 aromatic carbocycles. The van der Waals surface area contributed by atoms with Gasteiger partial charge in [0.1, 0.15) is 4.90 Å². The van der Waals surface area contributed by atoms with E-state index in [9.17, 15) is 8.42 Å². The Kier molecular flexibility index (Phi) is 4.17. The maximum atomic E-state index is 12.1. The van der Waals surface area contributed by atoms with Crippen molar-refractivity contribution in [3.05, 3.63) is 34.9 Å². The summed E-state index contributed by atoms with van der Waals surface area (Å²) in [7, 11) is -3.66. The van der Waals surface area contributed by atoms with E-state index in [-0.39, 0.29) is 17.1 Å². The molecule has 9 heteroatoms. The van der Waals surface area contributed by atoms with Gasteiger partial charge in [-0.3, -0.25) is 0 Å². The zero-order valence-corrected chi connectivity index (χ0v) is 12.1. The standard InChI is InChI=1S/C10H11BrN4O3S/c11-7-1-2-8(12)9(5-7)19(16,17)14-4-3-10-13-6-18-15-10/h1-2,5-6,14H,3-4,12H2. The van der Waals surface area contributed by atoms with Gasteiger partial charge in [0.25, 0.3) is 0 Å². The van der Waals surface area contributed by atoms with Gasteiger partial charge in [-0.05, 0) is 18.2 Å². The van der Waals surface area contributed by atoms with Gasteiger partial charge in [0.2, 0.25) is 16.4 Å². The highest BCUT2D eigenvalue weighted by Gasteiger charge is 2.17. The van der Waals surface area contributed by atoms with Gasteiger partial charge in [-0.1, -0.05) is 21.1 Å². The van der Waals surface area contributed by atoms with Crippen molar-refractivity contribution in [3.63, 3.8) is 0 Å². The van der Waals surface area contributed by atoms with Gasteiger partial charge < -0.3 is 10.3 Å². The van der Waals surface area contributed by atoms with Crippen LogP contribution in [0.5, 0.6) is 0 Å². The quantitative estimate of drug-likeness (QED) is 0.779. The van der Waals surface area contributed by atoms with Gasteiger partial charge in [0.05, 0.1) is 5.69 Å². The summed E-state index contributed by atoms with van der Waals surface area (Å²) in [6, 6.07) is 4.65. The van der Waals surface area contributed by atoms with Crippen LogP contribution in [0.25, 0.3) is 0 Å². The molecule has 3 N–H and O–H groups in total. The van der Waals surface area contributed by atoms with Crippen LogP contribution >= 0.6 is 15.9 Å². The van der Waals surface area contributed by atoms with Crippen LogP contribution in [0.15, 0.2) is 38.5 Å². The molecule has 0 aliphatic heterocycles. The van der Waals surface area contributed by atoms with E-state index >= 15 is 0 Å². The number of nitrogen functional groups attached to an aromatic ring is 1. The monoisotopic (exact) mass is 346 g/mol. The summed E-state index contributed by atoms with van der Waals surface area (Å²) < 4.78 is 31.7. The van der Waals surface area contributed by atoms with Crippen molar-refractivity contribution in [2.24, 2.45) is 0 Å². The second-order valence-corrected chi connectivity index (χ2v) is 6.33. The van der Waals surface area contributed by atoms with E-state index in [1.54, 1.807) is 6.07 Å². The van der Waals surface area contributed by atoms with Crippen molar-refractivity contribution in [1.29, 1.82) is 0 Å². The highest BCUT2D eigenvalue weighted by Crippen LogP contribution is 2.22. The first-order valence-electron chi connectivity index (χ1n) is 5.29. The molecule has 2 rings (SSSR count). The van der Waals surface area contributed by atoms with Crippen molar-refractivity contribution in [2.75, 3.05) is 12.3 Å². The maximum absolute atomic E-state index is 12.1. The first kappa shape index (κ1) is 14.0. The van der Waals surface area contributed by atoms with E-state index in [0.717, 1.165) is 0 Å². The van der Waals surface area contributed by atoms with Crippen LogP contribution in [0.3, 0.4) is 0 Å². The third-order valence-corrected chi connectivity index (χ3v) is 4.32. The van der Waals surface area contributed by atoms with Crippen LogP contribution in [0.4, 0.5) is 5.69 Å². The van der Waals surface area contributed by atoms with Crippen LogP contribution in [-0.4, -0.2) is 25.1 Å². The van der Waals surface area contributed by atoms with Crippen LogP contribution < -0.4 is 10.5 Å². The summed E-state index contributed by atoms with van der Waals surface area (Å²) in [5, 5.41) is 3.59. The first-order chi connectivity index (χ1) is 8.99. The lowest BCUT2D eigenvalue weighted by Crippen LogP contribution is -2.27. The number of nitrogens with one attached hydrogen (secondary N) is 1. The molecule has 0 bridgehead atoms. The van der Waals surface area contributed by atoms with Crippen LogP contribution in [-0.2, 0) is 16.4 Å². The number of rotatable bonds is 5. The van der Waals surface area contributed by atoms with E-state index in [1.807, 2.05) is 0 Å². The zero-order valence-electron chi connectivity index (χ0n) is 9.71. The zero-order chi connectivity index (χ0) is 13.9. The molecular weight excluding hydrogens is 336 g/mol. The number of nitrogens with two attached hydrogens (primary N) is 1. The highest BCUT2D eigenvalue weighted by atomic mass is 79.9. The summed E-state index contributed by atoms with van der Waals surface area (Å²) in [5.74, 6) is 0.435. The number of halogens is 1. The summed E-state index contributed by atoms with van der Waals surface area (Å²) in [6.07, 6.45) is 1.53.